The molecule has 66 valence electrons. The van der Waals surface area contributed by atoms with E-state index < -0.39 is 0 Å². The molecule has 12 heavy (non-hydrogen) atoms. The zero-order valence-corrected chi connectivity index (χ0v) is 7.32. The molecule has 0 radical (unpaired) electrons. The first-order valence-corrected chi connectivity index (χ1v) is 3.80. The van der Waals surface area contributed by atoms with Gasteiger partial charge in [-0.3, -0.25) is 5.01 Å². The molecule has 0 fully saturated rings. The number of hydrogen-bond donors (Lipinski definition) is 0. The summed E-state index contributed by atoms with van der Waals surface area (Å²) in [6, 6.07) is 0. The third-order valence-corrected chi connectivity index (χ3v) is 1.08. The molecule has 3 heteroatoms. The van der Waals surface area contributed by atoms with Gasteiger partial charge in [-0.1, -0.05) is 23.5 Å². The number of nitrogens with zero attached hydrogens (tertiary/aromatic N) is 3. The van der Waals surface area contributed by atoms with Crippen molar-refractivity contribution >= 4 is 0 Å². The van der Waals surface area contributed by atoms with Gasteiger partial charge in [0.25, 0.3) is 0 Å². The highest BCUT2D eigenvalue weighted by atomic mass is 15.5. The van der Waals surface area contributed by atoms with E-state index in [4.69, 9.17) is 0 Å². The lowest BCUT2D eigenvalue weighted by Crippen LogP contribution is -2.16. The van der Waals surface area contributed by atoms with Crippen LogP contribution in [0, 0.1) is 0 Å². The molecular formula is C9H15N3. The Hall–Kier alpha value is -1.38. The van der Waals surface area contributed by atoms with E-state index in [1.807, 2.05) is 0 Å². The molecule has 0 aliphatic rings. The standard InChI is InChI=1S/C9H15N3/c1-4-7-10-11-12(8-5-2)9-6-3/h4-6H,1-3,7-9H2/b11-10-. The second-order valence-corrected chi connectivity index (χ2v) is 2.15. The summed E-state index contributed by atoms with van der Waals surface area (Å²) < 4.78 is 0. The van der Waals surface area contributed by atoms with Crippen LogP contribution in [0.2, 0.25) is 0 Å². The first kappa shape index (κ1) is 10.6. The molecule has 0 bridgehead atoms. The van der Waals surface area contributed by atoms with Crippen LogP contribution in [-0.2, 0) is 0 Å². The number of rotatable bonds is 7. The van der Waals surface area contributed by atoms with Crippen LogP contribution in [0.3, 0.4) is 0 Å². The zero-order chi connectivity index (χ0) is 9.23. The topological polar surface area (TPSA) is 28.0 Å². The predicted octanol–water partition coefficient (Wildman–Crippen LogP) is 2.21. The van der Waals surface area contributed by atoms with Crippen molar-refractivity contribution < 1.29 is 0 Å². The van der Waals surface area contributed by atoms with Crippen molar-refractivity contribution in [3.05, 3.63) is 38.0 Å². The highest BCUT2D eigenvalue weighted by Crippen LogP contribution is 1.91. The van der Waals surface area contributed by atoms with Crippen molar-refractivity contribution in [1.82, 2.24) is 5.01 Å². The minimum atomic E-state index is 0.546. The van der Waals surface area contributed by atoms with Crippen LogP contribution in [-0.4, -0.2) is 24.6 Å². The smallest absolute Gasteiger partial charge is 0.0798 e. The molecular weight excluding hydrogens is 150 g/mol. The maximum absolute atomic E-state index is 3.94. The van der Waals surface area contributed by atoms with Gasteiger partial charge in [0.1, 0.15) is 0 Å². The first-order chi connectivity index (χ1) is 5.85. The summed E-state index contributed by atoms with van der Waals surface area (Å²) in [6.07, 6.45) is 5.25. The van der Waals surface area contributed by atoms with Gasteiger partial charge in [-0.05, 0) is 0 Å². The second kappa shape index (κ2) is 7.72. The molecule has 0 aliphatic carbocycles. The van der Waals surface area contributed by atoms with Gasteiger partial charge in [-0.2, -0.15) is 5.11 Å². The van der Waals surface area contributed by atoms with Crippen LogP contribution < -0.4 is 0 Å². The van der Waals surface area contributed by atoms with Crippen molar-refractivity contribution in [1.29, 1.82) is 0 Å². The molecule has 0 N–H and O–H groups in total. The monoisotopic (exact) mass is 165 g/mol. The van der Waals surface area contributed by atoms with E-state index in [2.05, 4.69) is 30.1 Å². The minimum absolute atomic E-state index is 0.546. The number of hydrogen-bond acceptors (Lipinski definition) is 2. The molecule has 0 spiro atoms. The van der Waals surface area contributed by atoms with Gasteiger partial charge in [0.05, 0.1) is 19.6 Å². The molecule has 0 aromatic heterocycles. The molecule has 0 amide bonds. The van der Waals surface area contributed by atoms with E-state index in [1.165, 1.54) is 0 Å². The Labute approximate surface area is 73.8 Å². The molecule has 0 saturated carbocycles. The summed E-state index contributed by atoms with van der Waals surface area (Å²) in [4.78, 5) is 0. The van der Waals surface area contributed by atoms with Crippen molar-refractivity contribution in [3.8, 4) is 0 Å². The van der Waals surface area contributed by atoms with E-state index in [0.717, 1.165) is 0 Å². The summed E-state index contributed by atoms with van der Waals surface area (Å²) in [7, 11) is 0. The summed E-state index contributed by atoms with van der Waals surface area (Å²) >= 11 is 0. The Kier molecular flexibility index (Phi) is 6.84. The molecule has 0 aromatic rings. The summed E-state index contributed by atoms with van der Waals surface area (Å²) in [6.45, 7) is 12.7. The average molecular weight is 165 g/mol. The van der Waals surface area contributed by atoms with Gasteiger partial charge in [0.15, 0.2) is 0 Å². The molecule has 0 atom stereocenters. The molecule has 0 aliphatic heterocycles. The van der Waals surface area contributed by atoms with E-state index >= 15 is 0 Å². The van der Waals surface area contributed by atoms with E-state index in [9.17, 15) is 0 Å². The van der Waals surface area contributed by atoms with Crippen molar-refractivity contribution in [3.63, 3.8) is 0 Å². The summed E-state index contributed by atoms with van der Waals surface area (Å²) in [5, 5.41) is 9.57. The SMILES string of the molecule is C=CC/N=N\N(CC=C)CC=C. The highest BCUT2D eigenvalue weighted by Gasteiger charge is 1.92. The molecule has 0 aromatic carbocycles. The Morgan fingerprint density at radius 1 is 1.00 bits per heavy atom. The van der Waals surface area contributed by atoms with Crippen molar-refractivity contribution in [2.45, 2.75) is 0 Å². The van der Waals surface area contributed by atoms with Crippen LogP contribution in [0.5, 0.6) is 0 Å². The Balaban J connectivity index is 3.82. The van der Waals surface area contributed by atoms with Crippen LogP contribution in [0.15, 0.2) is 48.3 Å². The van der Waals surface area contributed by atoms with Crippen LogP contribution in [0.25, 0.3) is 0 Å². The first-order valence-electron chi connectivity index (χ1n) is 3.80. The highest BCUT2D eigenvalue weighted by molar-refractivity contribution is 4.77. The molecule has 0 rings (SSSR count). The van der Waals surface area contributed by atoms with Crippen molar-refractivity contribution in [2.75, 3.05) is 19.6 Å². The van der Waals surface area contributed by atoms with Crippen molar-refractivity contribution in [2.24, 2.45) is 10.3 Å². The maximum Gasteiger partial charge on any atom is 0.0798 e. The minimum Gasteiger partial charge on any atom is -0.271 e. The fourth-order valence-corrected chi connectivity index (χ4v) is 0.629. The summed E-state index contributed by atoms with van der Waals surface area (Å²) in [5.41, 5.74) is 0. The van der Waals surface area contributed by atoms with E-state index in [-0.39, 0.29) is 0 Å². The fraction of sp³-hybridized carbons (Fsp3) is 0.333. The van der Waals surface area contributed by atoms with Gasteiger partial charge in [-0.25, -0.2) is 0 Å². The maximum atomic E-state index is 3.94. The van der Waals surface area contributed by atoms with Gasteiger partial charge in [0, 0.05) is 0 Å². The third-order valence-electron chi connectivity index (χ3n) is 1.08. The Morgan fingerprint density at radius 2 is 1.58 bits per heavy atom. The Bertz CT molecular complexity index is 163. The van der Waals surface area contributed by atoms with Gasteiger partial charge >= 0.3 is 0 Å². The van der Waals surface area contributed by atoms with Crippen LogP contribution >= 0.6 is 0 Å². The molecule has 0 heterocycles. The van der Waals surface area contributed by atoms with Gasteiger partial charge in [0.2, 0.25) is 0 Å². The lowest BCUT2D eigenvalue weighted by atomic mass is 10.5. The normalized spacial score (nSPS) is 9.67. The van der Waals surface area contributed by atoms with E-state index in [1.54, 1.807) is 23.2 Å². The van der Waals surface area contributed by atoms with E-state index in [0.29, 0.717) is 19.6 Å². The lowest BCUT2D eigenvalue weighted by Gasteiger charge is -2.11. The Morgan fingerprint density at radius 3 is 2.00 bits per heavy atom. The summed E-state index contributed by atoms with van der Waals surface area (Å²) in [5.74, 6) is 0. The van der Waals surface area contributed by atoms with Crippen LogP contribution in [0.4, 0.5) is 0 Å². The van der Waals surface area contributed by atoms with Gasteiger partial charge < -0.3 is 0 Å². The largest absolute Gasteiger partial charge is 0.271 e. The van der Waals surface area contributed by atoms with Crippen LogP contribution in [0.1, 0.15) is 0 Å². The fourth-order valence-electron chi connectivity index (χ4n) is 0.629. The molecule has 0 saturated heterocycles. The average Bonchev–Trinajstić information content (AvgIpc) is 2.06. The molecule has 3 nitrogen and oxygen atoms in total. The predicted molar refractivity (Wildman–Crippen MR) is 51.9 cm³/mol. The lowest BCUT2D eigenvalue weighted by molar-refractivity contribution is 0.328. The van der Waals surface area contributed by atoms with Gasteiger partial charge in [-0.15, -0.1) is 19.7 Å². The zero-order valence-electron chi connectivity index (χ0n) is 7.32. The molecule has 0 unspecified atom stereocenters. The second-order valence-electron chi connectivity index (χ2n) is 2.15. The quantitative estimate of drug-likeness (QED) is 0.323. The third kappa shape index (κ3) is 5.41.